The number of cyclic esters (lactones) is 1. The summed E-state index contributed by atoms with van der Waals surface area (Å²) in [6, 6.07) is 9.88. The van der Waals surface area contributed by atoms with Gasteiger partial charge >= 0.3 is 5.97 Å². The molecule has 1 aliphatic rings. The van der Waals surface area contributed by atoms with Crippen molar-refractivity contribution >= 4 is 17.4 Å². The molecule has 0 unspecified atom stereocenters. The molecule has 0 aromatic heterocycles. The molecule has 1 heterocycles. The summed E-state index contributed by atoms with van der Waals surface area (Å²) in [4.78, 5) is 26.2. The van der Waals surface area contributed by atoms with E-state index >= 15 is 0 Å². The average molecular weight is 458 g/mol. The molecule has 7 atom stereocenters. The van der Waals surface area contributed by atoms with Crippen molar-refractivity contribution < 1.29 is 34.8 Å². The van der Waals surface area contributed by atoms with Crippen LogP contribution < -0.4 is 5.32 Å². The number of carbonyl (C=O) groups excluding carboxylic acids is 2. The molecule has 8 heteroatoms. The number of phenols is 3. The van der Waals surface area contributed by atoms with E-state index < -0.39 is 47.9 Å². The molecule has 1 fully saturated rings. The number of aromatic hydroxyl groups is 3. The fraction of sp³-hybridized carbons (Fsp3) is 0.440. The number of esters is 1. The monoisotopic (exact) mass is 457 g/mol. The normalized spacial score (nSPS) is 31.0. The van der Waals surface area contributed by atoms with E-state index in [0.717, 1.165) is 6.07 Å². The minimum atomic E-state index is -1.25. The number of rotatable bonds is 3. The van der Waals surface area contributed by atoms with Gasteiger partial charge in [0.05, 0.1) is 17.7 Å². The Morgan fingerprint density at radius 3 is 2.06 bits per heavy atom. The lowest BCUT2D eigenvalue weighted by atomic mass is 9.76. The van der Waals surface area contributed by atoms with Crippen LogP contribution in [0.2, 0.25) is 0 Å². The maximum Gasteiger partial charge on any atom is 0.311 e. The average Bonchev–Trinajstić information content (AvgIpc) is 2.77. The second-order valence-electron chi connectivity index (χ2n) is 8.95. The van der Waals surface area contributed by atoms with Crippen LogP contribution in [-0.2, 0) is 14.3 Å². The Kier molecular flexibility index (Phi) is 7.17. The van der Waals surface area contributed by atoms with Crippen molar-refractivity contribution in [1.29, 1.82) is 0 Å². The van der Waals surface area contributed by atoms with Gasteiger partial charge in [-0.3, -0.25) is 9.59 Å². The maximum atomic E-state index is 13.3. The zero-order chi connectivity index (χ0) is 24.4. The molecule has 1 saturated heterocycles. The van der Waals surface area contributed by atoms with E-state index in [4.69, 9.17) is 4.74 Å². The van der Waals surface area contributed by atoms with Gasteiger partial charge in [0.2, 0.25) is 0 Å². The Hall–Kier alpha value is -3.26. The summed E-state index contributed by atoms with van der Waals surface area (Å²) >= 11 is 0. The van der Waals surface area contributed by atoms with Gasteiger partial charge in [-0.2, -0.15) is 0 Å². The Balaban J connectivity index is 2.12. The number of aliphatic hydroxyl groups excluding tert-OH is 1. The summed E-state index contributed by atoms with van der Waals surface area (Å²) in [5, 5.41) is 44.2. The number of benzene rings is 2. The number of ketones is 1. The first kappa shape index (κ1) is 24.4. The lowest BCUT2D eigenvalue weighted by Crippen LogP contribution is -2.48. The summed E-state index contributed by atoms with van der Waals surface area (Å²) in [6.45, 7) is 6.60. The minimum Gasteiger partial charge on any atom is -0.508 e. The molecule has 0 aliphatic carbocycles. The molecule has 0 radical (unpaired) electrons. The van der Waals surface area contributed by atoms with Gasteiger partial charge in [-0.1, -0.05) is 32.9 Å². The molecule has 1 aliphatic heterocycles. The highest BCUT2D eigenvalue weighted by atomic mass is 16.5. The highest BCUT2D eigenvalue weighted by molar-refractivity contribution is 5.86. The van der Waals surface area contributed by atoms with Crippen LogP contribution in [0.15, 0.2) is 42.5 Å². The third-order valence-corrected chi connectivity index (χ3v) is 6.60. The molecule has 0 saturated carbocycles. The van der Waals surface area contributed by atoms with Crippen LogP contribution in [0, 0.1) is 23.7 Å². The number of nitrogens with one attached hydrogen (secondary N) is 1. The highest BCUT2D eigenvalue weighted by Crippen LogP contribution is 2.39. The van der Waals surface area contributed by atoms with Gasteiger partial charge in [-0.05, 0) is 31.2 Å². The van der Waals surface area contributed by atoms with Crippen molar-refractivity contribution in [2.24, 2.45) is 23.7 Å². The number of anilines is 1. The molecule has 33 heavy (non-hydrogen) atoms. The Morgan fingerprint density at radius 1 is 0.848 bits per heavy atom. The predicted octanol–water partition coefficient (Wildman–Crippen LogP) is 3.36. The van der Waals surface area contributed by atoms with Gasteiger partial charge in [-0.25, -0.2) is 0 Å². The highest BCUT2D eigenvalue weighted by Gasteiger charge is 2.43. The summed E-state index contributed by atoms with van der Waals surface area (Å²) in [6.07, 6.45) is -2.21. The van der Waals surface area contributed by atoms with E-state index in [1.807, 2.05) is 0 Å². The fourth-order valence-corrected chi connectivity index (χ4v) is 4.50. The van der Waals surface area contributed by atoms with Gasteiger partial charge in [0.1, 0.15) is 29.1 Å². The number of Topliss-reactive ketones (excluding diaryl/α,β-unsaturated/α-hetero) is 1. The molecule has 8 nitrogen and oxygen atoms in total. The first-order valence-corrected chi connectivity index (χ1v) is 11.0. The van der Waals surface area contributed by atoms with Crippen molar-refractivity contribution in [2.45, 2.75) is 45.9 Å². The predicted molar refractivity (Wildman–Crippen MR) is 122 cm³/mol. The van der Waals surface area contributed by atoms with Gasteiger partial charge in [-0.15, -0.1) is 0 Å². The van der Waals surface area contributed by atoms with Crippen LogP contribution in [0.4, 0.5) is 5.69 Å². The molecule has 2 aromatic rings. The lowest BCUT2D eigenvalue weighted by molar-refractivity contribution is -0.164. The third-order valence-electron chi connectivity index (χ3n) is 6.60. The van der Waals surface area contributed by atoms with Crippen LogP contribution in [0.3, 0.4) is 0 Å². The quantitative estimate of drug-likeness (QED) is 0.350. The molecule has 2 aromatic carbocycles. The van der Waals surface area contributed by atoms with E-state index in [0.29, 0.717) is 11.3 Å². The van der Waals surface area contributed by atoms with Crippen LogP contribution >= 0.6 is 0 Å². The summed E-state index contributed by atoms with van der Waals surface area (Å²) < 4.78 is 5.81. The van der Waals surface area contributed by atoms with Crippen LogP contribution in [0.5, 0.6) is 17.2 Å². The summed E-state index contributed by atoms with van der Waals surface area (Å²) in [7, 11) is 0. The molecule has 5 N–H and O–H groups in total. The van der Waals surface area contributed by atoms with Gasteiger partial charge in [0.15, 0.2) is 0 Å². The smallest absolute Gasteiger partial charge is 0.311 e. The van der Waals surface area contributed by atoms with E-state index in [2.05, 4.69) is 5.32 Å². The van der Waals surface area contributed by atoms with E-state index in [1.54, 1.807) is 39.0 Å². The molecule has 178 valence electrons. The second kappa shape index (κ2) is 9.70. The molecule has 0 amide bonds. The number of aliphatic hydroxyl groups is 1. The molecular weight excluding hydrogens is 426 g/mol. The summed E-state index contributed by atoms with van der Waals surface area (Å²) in [5.41, 5.74) is 0.740. The van der Waals surface area contributed by atoms with E-state index in [9.17, 15) is 30.0 Å². The topological polar surface area (TPSA) is 136 Å². The molecule has 0 spiro atoms. The second-order valence-corrected chi connectivity index (χ2v) is 8.95. The SMILES string of the molecule is C[C@@H]1[C@@H](Nc2ccccc2O)[C@@H](C)C(=O)[C@@H](C)[C@@H](O)[C@H](C)C(=O)O[C@@H]1c1cc(O)cc(O)c1. The first-order valence-electron chi connectivity index (χ1n) is 11.0. The van der Waals surface area contributed by atoms with Crippen LogP contribution in [0.25, 0.3) is 0 Å². The van der Waals surface area contributed by atoms with Crippen molar-refractivity contribution in [2.75, 3.05) is 5.32 Å². The van der Waals surface area contributed by atoms with Crippen molar-refractivity contribution in [3.63, 3.8) is 0 Å². The van der Waals surface area contributed by atoms with Gasteiger partial charge in [0.25, 0.3) is 0 Å². The van der Waals surface area contributed by atoms with E-state index in [1.165, 1.54) is 25.1 Å². The van der Waals surface area contributed by atoms with Crippen molar-refractivity contribution in [3.05, 3.63) is 48.0 Å². The van der Waals surface area contributed by atoms with Crippen molar-refractivity contribution in [1.82, 2.24) is 0 Å². The number of hydrogen-bond acceptors (Lipinski definition) is 8. The summed E-state index contributed by atoms with van der Waals surface area (Å²) in [5.74, 6) is -4.30. The Morgan fingerprint density at radius 2 is 1.45 bits per heavy atom. The fourth-order valence-electron chi connectivity index (χ4n) is 4.50. The van der Waals surface area contributed by atoms with Crippen LogP contribution in [0.1, 0.15) is 39.4 Å². The number of carbonyl (C=O) groups is 2. The molecular formula is C25H31NO7. The largest absolute Gasteiger partial charge is 0.508 e. The number of phenolic OH excluding ortho intramolecular Hbond substituents is 3. The number of hydrogen-bond donors (Lipinski definition) is 5. The number of ether oxygens (including phenoxy) is 1. The molecule has 0 bridgehead atoms. The van der Waals surface area contributed by atoms with E-state index in [-0.39, 0.29) is 23.0 Å². The van der Waals surface area contributed by atoms with Gasteiger partial charge < -0.3 is 30.5 Å². The Labute approximate surface area is 192 Å². The minimum absolute atomic E-state index is 0.00769. The zero-order valence-corrected chi connectivity index (χ0v) is 19.1. The standard InChI is InChI=1S/C25H31NO7/c1-12-21(26-19-7-5-6-8-20(19)29)13(2)24(16-9-17(27)11-18(28)10-16)33-25(32)15(4)23(31)14(3)22(12)30/h5-15,21,23-24,26-29,31H,1-4H3/t12-,13-,14-,15+,21+,23-,24+/m1/s1. The van der Waals surface area contributed by atoms with Crippen LogP contribution in [-0.4, -0.2) is 44.3 Å². The molecule has 3 rings (SSSR count). The Bertz CT molecular complexity index is 1000. The third kappa shape index (κ3) is 5.06. The number of para-hydroxylation sites is 2. The zero-order valence-electron chi connectivity index (χ0n) is 19.1. The first-order chi connectivity index (χ1) is 15.5. The lowest BCUT2D eigenvalue weighted by Gasteiger charge is -2.39. The van der Waals surface area contributed by atoms with Crippen molar-refractivity contribution in [3.8, 4) is 17.2 Å². The van der Waals surface area contributed by atoms with Gasteiger partial charge in [0, 0.05) is 35.4 Å². The maximum absolute atomic E-state index is 13.3.